The summed E-state index contributed by atoms with van der Waals surface area (Å²) in [6.45, 7) is 15.0. The van der Waals surface area contributed by atoms with Crippen molar-refractivity contribution < 1.29 is 0 Å². The Morgan fingerprint density at radius 1 is 1.05 bits per heavy atom. The van der Waals surface area contributed by atoms with Gasteiger partial charge in [0.2, 0.25) is 0 Å². The summed E-state index contributed by atoms with van der Waals surface area (Å²) in [5, 5.41) is 0. The van der Waals surface area contributed by atoms with E-state index in [9.17, 15) is 0 Å². The summed E-state index contributed by atoms with van der Waals surface area (Å²) in [6, 6.07) is 0. The minimum Gasteiger partial charge on any atom is -0.329 e. The van der Waals surface area contributed by atoms with Gasteiger partial charge < -0.3 is 5.73 Å². The van der Waals surface area contributed by atoms with Gasteiger partial charge in [0.15, 0.2) is 0 Å². The zero-order valence-corrected chi connectivity index (χ0v) is 15.1. The van der Waals surface area contributed by atoms with Gasteiger partial charge in [-0.2, -0.15) is 0 Å². The van der Waals surface area contributed by atoms with Crippen LogP contribution in [0.4, 0.5) is 0 Å². The third kappa shape index (κ3) is 3.39. The van der Waals surface area contributed by atoms with Crippen LogP contribution in [-0.2, 0) is 0 Å². The highest BCUT2D eigenvalue weighted by Crippen LogP contribution is 2.46. The van der Waals surface area contributed by atoms with Crippen LogP contribution < -0.4 is 5.73 Å². The lowest BCUT2D eigenvalue weighted by Gasteiger charge is -2.54. The number of nitrogens with two attached hydrogens (primary N) is 1. The zero-order valence-electron chi connectivity index (χ0n) is 15.1. The molecule has 0 unspecified atom stereocenters. The molecule has 0 aliphatic heterocycles. The van der Waals surface area contributed by atoms with Gasteiger partial charge in [-0.15, -0.1) is 0 Å². The first kappa shape index (κ1) is 18.0. The molecule has 120 valence electrons. The second-order valence-corrected chi connectivity index (χ2v) is 8.27. The minimum atomic E-state index is 0.222. The van der Waals surface area contributed by atoms with Crippen LogP contribution in [0.5, 0.6) is 0 Å². The molecule has 1 saturated carbocycles. The smallest absolute Gasteiger partial charge is 0.0334 e. The molecule has 0 spiro atoms. The van der Waals surface area contributed by atoms with Crippen molar-refractivity contribution in [2.75, 3.05) is 13.6 Å². The molecule has 1 aliphatic rings. The van der Waals surface area contributed by atoms with Crippen molar-refractivity contribution in [1.29, 1.82) is 0 Å². The van der Waals surface area contributed by atoms with Crippen molar-refractivity contribution in [2.45, 2.75) is 91.1 Å². The molecule has 0 atom stereocenters. The van der Waals surface area contributed by atoms with Crippen LogP contribution in [0.3, 0.4) is 0 Å². The van der Waals surface area contributed by atoms with Gasteiger partial charge in [-0.25, -0.2) is 0 Å². The molecule has 2 nitrogen and oxygen atoms in total. The van der Waals surface area contributed by atoms with Crippen molar-refractivity contribution in [1.82, 2.24) is 4.90 Å². The van der Waals surface area contributed by atoms with Gasteiger partial charge in [0.1, 0.15) is 0 Å². The molecule has 0 radical (unpaired) electrons. The third-order valence-electron chi connectivity index (χ3n) is 6.80. The van der Waals surface area contributed by atoms with E-state index in [0.717, 1.165) is 12.5 Å². The molecule has 2 N–H and O–H groups in total. The predicted octanol–water partition coefficient (Wildman–Crippen LogP) is 4.43. The third-order valence-corrected chi connectivity index (χ3v) is 6.80. The topological polar surface area (TPSA) is 29.3 Å². The first-order valence-corrected chi connectivity index (χ1v) is 8.59. The molecule has 0 saturated heterocycles. The molecule has 1 rings (SSSR count). The Kier molecular flexibility index (Phi) is 5.71. The fourth-order valence-corrected chi connectivity index (χ4v) is 3.78. The molecule has 0 bridgehead atoms. The normalized spacial score (nSPS) is 28.9. The van der Waals surface area contributed by atoms with Crippen molar-refractivity contribution in [2.24, 2.45) is 17.1 Å². The highest BCUT2D eigenvalue weighted by atomic mass is 15.2. The van der Waals surface area contributed by atoms with Gasteiger partial charge in [0, 0.05) is 17.6 Å². The summed E-state index contributed by atoms with van der Waals surface area (Å²) >= 11 is 0. The second kappa shape index (κ2) is 6.36. The Morgan fingerprint density at radius 3 is 1.90 bits per heavy atom. The molecule has 20 heavy (non-hydrogen) atoms. The average Bonchev–Trinajstić information content (AvgIpc) is 2.46. The molecular formula is C18H38N2. The van der Waals surface area contributed by atoms with E-state index in [-0.39, 0.29) is 11.1 Å². The van der Waals surface area contributed by atoms with Crippen LogP contribution in [0.2, 0.25) is 0 Å². The Bertz CT molecular complexity index is 299. The summed E-state index contributed by atoms with van der Waals surface area (Å²) in [7, 11) is 2.29. The minimum absolute atomic E-state index is 0.222. The van der Waals surface area contributed by atoms with E-state index >= 15 is 0 Å². The van der Waals surface area contributed by atoms with Crippen molar-refractivity contribution in [3.8, 4) is 0 Å². The highest BCUT2D eigenvalue weighted by molar-refractivity contribution is 5.00. The van der Waals surface area contributed by atoms with Crippen LogP contribution >= 0.6 is 0 Å². The number of hydrogen-bond acceptors (Lipinski definition) is 2. The summed E-state index contributed by atoms with van der Waals surface area (Å²) in [4.78, 5) is 2.59. The lowest BCUT2D eigenvalue weighted by Crippen LogP contribution is -2.61. The van der Waals surface area contributed by atoms with Crippen LogP contribution in [0.1, 0.15) is 80.1 Å². The monoisotopic (exact) mass is 282 g/mol. The molecule has 0 amide bonds. The van der Waals surface area contributed by atoms with E-state index < -0.39 is 0 Å². The number of rotatable bonds is 6. The van der Waals surface area contributed by atoms with Gasteiger partial charge in [-0.3, -0.25) is 4.90 Å². The van der Waals surface area contributed by atoms with Crippen LogP contribution in [0.25, 0.3) is 0 Å². The lowest BCUT2D eigenvalue weighted by atomic mass is 9.64. The number of likely N-dealkylation sites (N-methyl/N-ethyl adjacent to an activating group) is 1. The van der Waals surface area contributed by atoms with Crippen molar-refractivity contribution in [3.63, 3.8) is 0 Å². The fourth-order valence-electron chi connectivity index (χ4n) is 3.78. The summed E-state index contributed by atoms with van der Waals surface area (Å²) in [6.07, 6.45) is 7.65. The predicted molar refractivity (Wildman–Crippen MR) is 89.9 cm³/mol. The molecule has 2 heteroatoms. The molecule has 1 fully saturated rings. The number of nitrogens with zero attached hydrogens (tertiary/aromatic N) is 1. The fraction of sp³-hybridized carbons (Fsp3) is 1.00. The van der Waals surface area contributed by atoms with Crippen LogP contribution in [0, 0.1) is 11.3 Å². The molecular weight excluding hydrogens is 244 g/mol. The van der Waals surface area contributed by atoms with Gasteiger partial charge in [0.25, 0.3) is 0 Å². The van der Waals surface area contributed by atoms with Gasteiger partial charge in [-0.1, -0.05) is 34.1 Å². The largest absolute Gasteiger partial charge is 0.329 e. The first-order valence-electron chi connectivity index (χ1n) is 8.59. The van der Waals surface area contributed by atoms with Crippen LogP contribution in [0.15, 0.2) is 0 Å². The SMILES string of the molecule is CCC(C)(C)C1CCC(CN)(N(C)C(C)(C)CC)CC1. The van der Waals surface area contributed by atoms with Gasteiger partial charge in [0.05, 0.1) is 0 Å². The quantitative estimate of drug-likeness (QED) is 0.781. The molecule has 0 aromatic heterocycles. The molecule has 0 aromatic rings. The highest BCUT2D eigenvalue weighted by Gasteiger charge is 2.44. The van der Waals surface area contributed by atoms with Gasteiger partial charge in [-0.05, 0) is 64.3 Å². The van der Waals surface area contributed by atoms with E-state index in [1.165, 1.54) is 38.5 Å². The molecule has 1 aliphatic carbocycles. The summed E-state index contributed by atoms with van der Waals surface area (Å²) in [5.74, 6) is 0.866. The van der Waals surface area contributed by atoms with Crippen molar-refractivity contribution in [3.05, 3.63) is 0 Å². The summed E-state index contributed by atoms with van der Waals surface area (Å²) < 4.78 is 0. The Labute approximate surface area is 127 Å². The summed E-state index contributed by atoms with van der Waals surface area (Å²) in [5.41, 5.74) is 7.19. The Morgan fingerprint density at radius 2 is 1.55 bits per heavy atom. The van der Waals surface area contributed by atoms with E-state index in [0.29, 0.717) is 5.41 Å². The van der Waals surface area contributed by atoms with E-state index in [1.807, 2.05) is 0 Å². The first-order chi connectivity index (χ1) is 9.15. The van der Waals surface area contributed by atoms with Crippen molar-refractivity contribution >= 4 is 0 Å². The van der Waals surface area contributed by atoms with E-state index in [2.05, 4.69) is 53.5 Å². The Hall–Kier alpha value is -0.0800. The van der Waals surface area contributed by atoms with Crippen LogP contribution in [-0.4, -0.2) is 29.6 Å². The van der Waals surface area contributed by atoms with Gasteiger partial charge >= 0.3 is 0 Å². The van der Waals surface area contributed by atoms with E-state index in [1.54, 1.807) is 0 Å². The second-order valence-electron chi connectivity index (χ2n) is 8.27. The zero-order chi connectivity index (χ0) is 15.6. The lowest BCUT2D eigenvalue weighted by molar-refractivity contribution is -0.0247. The number of hydrogen-bond donors (Lipinski definition) is 1. The maximum atomic E-state index is 6.24. The maximum absolute atomic E-state index is 6.24. The average molecular weight is 283 g/mol. The molecule has 0 heterocycles. The molecule has 0 aromatic carbocycles. The maximum Gasteiger partial charge on any atom is 0.0334 e. The van der Waals surface area contributed by atoms with E-state index in [4.69, 9.17) is 5.73 Å². The Balaban J connectivity index is 2.81. The standard InChI is InChI=1S/C18H38N2/c1-8-16(3,4)15-10-12-18(14-19,13-11-15)20(7)17(5,6)9-2/h15H,8-14,19H2,1-7H3.